The van der Waals surface area contributed by atoms with Crippen LogP contribution in [0.1, 0.15) is 18.4 Å². The molecule has 1 aliphatic heterocycles. The van der Waals surface area contributed by atoms with Gasteiger partial charge in [0.2, 0.25) is 5.91 Å². The van der Waals surface area contributed by atoms with Gasteiger partial charge in [0.1, 0.15) is 11.7 Å². The van der Waals surface area contributed by atoms with Gasteiger partial charge in [-0.1, -0.05) is 11.6 Å². The summed E-state index contributed by atoms with van der Waals surface area (Å²) in [6.07, 6.45) is 1.65. The maximum atomic E-state index is 12.0. The summed E-state index contributed by atoms with van der Waals surface area (Å²) in [5, 5.41) is 3.43. The molecule has 0 aromatic heterocycles. The lowest BCUT2D eigenvalue weighted by Crippen LogP contribution is -2.12. The van der Waals surface area contributed by atoms with Crippen LogP contribution in [0, 0.1) is 0 Å². The van der Waals surface area contributed by atoms with Crippen LogP contribution in [-0.2, 0) is 4.79 Å². The lowest BCUT2D eigenvalue weighted by molar-refractivity contribution is -0.115. The van der Waals surface area contributed by atoms with Gasteiger partial charge >= 0.3 is 0 Å². The summed E-state index contributed by atoms with van der Waals surface area (Å²) in [6, 6.07) is 12.8. The van der Waals surface area contributed by atoms with Crippen LogP contribution in [0.15, 0.2) is 47.5 Å². The van der Waals surface area contributed by atoms with Gasteiger partial charge in [-0.25, -0.2) is 0 Å². The second kappa shape index (κ2) is 6.20. The number of nitrogens with zero attached hydrogens (tertiary/aromatic N) is 1. The molecule has 1 atom stereocenters. The SMILES string of the molecule is CCOc1ccc(N=CC2C(=O)Nc3ccc(Cl)cc32)cc1. The third-order valence-electron chi connectivity index (χ3n) is 3.41. The van der Waals surface area contributed by atoms with Gasteiger partial charge < -0.3 is 10.1 Å². The summed E-state index contributed by atoms with van der Waals surface area (Å²) in [6.45, 7) is 2.57. The van der Waals surface area contributed by atoms with Crippen molar-refractivity contribution in [3.8, 4) is 5.75 Å². The van der Waals surface area contributed by atoms with Gasteiger partial charge in [-0.15, -0.1) is 0 Å². The molecular formula is C17H15ClN2O2. The summed E-state index contributed by atoms with van der Waals surface area (Å²) in [4.78, 5) is 16.4. The van der Waals surface area contributed by atoms with Crippen LogP contribution in [0.2, 0.25) is 5.02 Å². The van der Waals surface area contributed by atoms with E-state index < -0.39 is 5.92 Å². The zero-order chi connectivity index (χ0) is 15.5. The molecule has 0 spiro atoms. The van der Waals surface area contributed by atoms with Crippen LogP contribution >= 0.6 is 11.6 Å². The van der Waals surface area contributed by atoms with E-state index in [9.17, 15) is 4.79 Å². The Hall–Kier alpha value is -2.33. The van der Waals surface area contributed by atoms with Crippen molar-refractivity contribution in [2.75, 3.05) is 11.9 Å². The first-order valence-electron chi connectivity index (χ1n) is 7.04. The van der Waals surface area contributed by atoms with Crippen molar-refractivity contribution in [2.45, 2.75) is 12.8 Å². The molecular weight excluding hydrogens is 300 g/mol. The summed E-state index contributed by atoms with van der Waals surface area (Å²) >= 11 is 6.00. The predicted molar refractivity (Wildman–Crippen MR) is 88.6 cm³/mol. The molecule has 0 aliphatic carbocycles. The van der Waals surface area contributed by atoms with Crippen molar-refractivity contribution in [2.24, 2.45) is 4.99 Å². The highest BCUT2D eigenvalue weighted by Gasteiger charge is 2.29. The molecule has 3 rings (SSSR count). The van der Waals surface area contributed by atoms with Crippen molar-refractivity contribution in [3.63, 3.8) is 0 Å². The van der Waals surface area contributed by atoms with Gasteiger partial charge in [-0.05, 0) is 55.0 Å². The number of carbonyl (C=O) groups is 1. The minimum atomic E-state index is -0.416. The molecule has 1 amide bonds. The standard InChI is InChI=1S/C17H15ClN2O2/c1-2-22-13-6-4-12(5-7-13)19-10-15-14-9-11(18)3-8-16(14)20-17(15)21/h3-10,15H,2H2,1H3,(H,20,21). The summed E-state index contributed by atoms with van der Waals surface area (Å²) in [5.74, 6) is 0.296. The largest absolute Gasteiger partial charge is 0.494 e. The van der Waals surface area contributed by atoms with Crippen molar-refractivity contribution in [1.29, 1.82) is 0 Å². The average molecular weight is 315 g/mol. The van der Waals surface area contributed by atoms with E-state index in [0.717, 1.165) is 22.7 Å². The Balaban J connectivity index is 1.81. The number of aliphatic imine (C=N–C) groups is 1. The Kier molecular flexibility index (Phi) is 4.11. The highest BCUT2D eigenvalue weighted by atomic mass is 35.5. The molecule has 2 aromatic carbocycles. The van der Waals surface area contributed by atoms with Crippen LogP contribution < -0.4 is 10.1 Å². The lowest BCUT2D eigenvalue weighted by Gasteiger charge is -2.04. The Morgan fingerprint density at radius 1 is 1.27 bits per heavy atom. The van der Waals surface area contributed by atoms with Crippen LogP contribution in [-0.4, -0.2) is 18.7 Å². The van der Waals surface area contributed by atoms with E-state index in [1.54, 1.807) is 24.4 Å². The van der Waals surface area contributed by atoms with E-state index in [1.807, 2.05) is 31.2 Å². The van der Waals surface area contributed by atoms with Crippen molar-refractivity contribution in [3.05, 3.63) is 53.1 Å². The number of halogens is 1. The maximum absolute atomic E-state index is 12.0. The van der Waals surface area contributed by atoms with E-state index in [1.165, 1.54) is 0 Å². The average Bonchev–Trinajstić information content (AvgIpc) is 2.82. The van der Waals surface area contributed by atoms with Crippen molar-refractivity contribution < 1.29 is 9.53 Å². The molecule has 0 radical (unpaired) electrons. The quantitative estimate of drug-likeness (QED) is 0.861. The molecule has 112 valence electrons. The Labute approximate surface area is 133 Å². The van der Waals surface area contributed by atoms with Crippen LogP contribution in [0.25, 0.3) is 0 Å². The number of hydrogen-bond acceptors (Lipinski definition) is 3. The molecule has 1 unspecified atom stereocenters. The Bertz CT molecular complexity index is 726. The third kappa shape index (κ3) is 2.97. The maximum Gasteiger partial charge on any atom is 0.237 e. The van der Waals surface area contributed by atoms with Gasteiger partial charge in [-0.2, -0.15) is 0 Å². The molecule has 1 aliphatic rings. The topological polar surface area (TPSA) is 50.7 Å². The number of rotatable bonds is 4. The summed E-state index contributed by atoms with van der Waals surface area (Å²) in [5.41, 5.74) is 2.41. The smallest absolute Gasteiger partial charge is 0.237 e. The highest BCUT2D eigenvalue weighted by Crippen LogP contribution is 2.33. The van der Waals surface area contributed by atoms with E-state index in [0.29, 0.717) is 11.6 Å². The zero-order valence-electron chi connectivity index (χ0n) is 12.0. The first kappa shape index (κ1) is 14.6. The number of nitrogens with one attached hydrogen (secondary N) is 1. The molecule has 0 fully saturated rings. The normalized spacial score (nSPS) is 16.6. The lowest BCUT2D eigenvalue weighted by atomic mass is 10.0. The number of fused-ring (bicyclic) bond motifs is 1. The van der Waals surface area contributed by atoms with E-state index in [2.05, 4.69) is 10.3 Å². The fourth-order valence-electron chi connectivity index (χ4n) is 2.36. The fourth-order valence-corrected chi connectivity index (χ4v) is 2.54. The summed E-state index contributed by atoms with van der Waals surface area (Å²) in [7, 11) is 0. The van der Waals surface area contributed by atoms with E-state index in [-0.39, 0.29) is 5.91 Å². The molecule has 0 bridgehead atoms. The van der Waals surface area contributed by atoms with Gasteiger partial charge in [-0.3, -0.25) is 9.79 Å². The van der Waals surface area contributed by atoms with Gasteiger partial charge in [0.05, 0.1) is 12.3 Å². The second-order valence-electron chi connectivity index (χ2n) is 4.90. The van der Waals surface area contributed by atoms with Gasteiger partial charge in [0.25, 0.3) is 0 Å². The molecule has 1 N–H and O–H groups in total. The highest BCUT2D eigenvalue weighted by molar-refractivity contribution is 6.31. The first-order valence-corrected chi connectivity index (χ1v) is 7.42. The molecule has 0 saturated carbocycles. The predicted octanol–water partition coefficient (Wildman–Crippen LogP) is 4.18. The Morgan fingerprint density at radius 3 is 2.77 bits per heavy atom. The molecule has 22 heavy (non-hydrogen) atoms. The molecule has 1 heterocycles. The fraction of sp³-hybridized carbons (Fsp3) is 0.176. The number of carbonyl (C=O) groups excluding carboxylic acids is 1. The van der Waals surface area contributed by atoms with Crippen LogP contribution in [0.5, 0.6) is 5.75 Å². The number of benzene rings is 2. The molecule has 4 nitrogen and oxygen atoms in total. The zero-order valence-corrected chi connectivity index (χ0v) is 12.8. The van der Waals surface area contributed by atoms with Crippen molar-refractivity contribution in [1.82, 2.24) is 0 Å². The monoisotopic (exact) mass is 314 g/mol. The molecule has 2 aromatic rings. The van der Waals surface area contributed by atoms with Gasteiger partial charge in [0, 0.05) is 16.9 Å². The minimum absolute atomic E-state index is 0.0908. The first-order chi connectivity index (χ1) is 10.7. The van der Waals surface area contributed by atoms with Crippen LogP contribution in [0.3, 0.4) is 0 Å². The number of amides is 1. The second-order valence-corrected chi connectivity index (χ2v) is 5.34. The number of hydrogen-bond donors (Lipinski definition) is 1. The third-order valence-corrected chi connectivity index (χ3v) is 3.64. The van der Waals surface area contributed by atoms with Crippen molar-refractivity contribution >= 4 is 35.1 Å². The minimum Gasteiger partial charge on any atom is -0.494 e. The molecule has 5 heteroatoms. The molecule has 0 saturated heterocycles. The Morgan fingerprint density at radius 2 is 2.05 bits per heavy atom. The number of anilines is 1. The number of ether oxygens (including phenoxy) is 1. The van der Waals surface area contributed by atoms with E-state index >= 15 is 0 Å². The van der Waals surface area contributed by atoms with Crippen LogP contribution in [0.4, 0.5) is 11.4 Å². The van der Waals surface area contributed by atoms with Gasteiger partial charge in [0.15, 0.2) is 0 Å². The van der Waals surface area contributed by atoms with E-state index in [4.69, 9.17) is 16.3 Å². The summed E-state index contributed by atoms with van der Waals surface area (Å²) < 4.78 is 5.38.